The van der Waals surface area contributed by atoms with Crippen molar-refractivity contribution in [3.05, 3.63) is 11.8 Å². The van der Waals surface area contributed by atoms with E-state index in [0.29, 0.717) is 0 Å². The van der Waals surface area contributed by atoms with Gasteiger partial charge in [0.1, 0.15) is 6.07 Å². The highest BCUT2D eigenvalue weighted by atomic mass is 16.5. The van der Waals surface area contributed by atoms with E-state index in [2.05, 4.69) is 13.0 Å². The van der Waals surface area contributed by atoms with Crippen LogP contribution in [0.5, 0.6) is 0 Å². The lowest BCUT2D eigenvalue weighted by molar-refractivity contribution is 0.221. The summed E-state index contributed by atoms with van der Waals surface area (Å²) in [5.41, 5.74) is 1.24. The molecule has 1 aliphatic heterocycles. The highest BCUT2D eigenvalue weighted by Crippen LogP contribution is 2.19. The molecular weight excluding hydrogens is 114 g/mol. The molecule has 0 spiro atoms. The Kier molecular flexibility index (Phi) is 1.74. The minimum Gasteiger partial charge on any atom is -0.483 e. The van der Waals surface area contributed by atoms with Crippen LogP contribution in [0.1, 0.15) is 19.8 Å². The molecule has 0 N–H and O–H groups in total. The summed E-state index contributed by atoms with van der Waals surface area (Å²) >= 11 is 0. The fourth-order valence-electron chi connectivity index (χ4n) is 0.816. The quantitative estimate of drug-likeness (QED) is 0.530. The van der Waals surface area contributed by atoms with Crippen molar-refractivity contribution in [3.63, 3.8) is 0 Å². The molecule has 9 heavy (non-hydrogen) atoms. The minimum atomic E-state index is -0.208. The molecule has 2 heteroatoms. The van der Waals surface area contributed by atoms with Gasteiger partial charge in [-0.2, -0.15) is 5.26 Å². The number of hydrogen-bond donors (Lipinski definition) is 0. The fourth-order valence-corrected chi connectivity index (χ4v) is 0.816. The van der Waals surface area contributed by atoms with Crippen LogP contribution in [0.3, 0.4) is 0 Å². The van der Waals surface area contributed by atoms with Gasteiger partial charge < -0.3 is 4.74 Å². The predicted molar refractivity (Wildman–Crippen MR) is 33.5 cm³/mol. The van der Waals surface area contributed by atoms with Gasteiger partial charge in [0.15, 0.2) is 6.10 Å². The Morgan fingerprint density at radius 1 is 2.00 bits per heavy atom. The first-order valence-electron chi connectivity index (χ1n) is 3.09. The molecule has 0 aromatic rings. The van der Waals surface area contributed by atoms with Crippen molar-refractivity contribution >= 4 is 0 Å². The van der Waals surface area contributed by atoms with E-state index in [1.165, 1.54) is 5.57 Å². The van der Waals surface area contributed by atoms with Crippen molar-refractivity contribution in [2.45, 2.75) is 25.9 Å². The number of nitriles is 1. The highest BCUT2D eigenvalue weighted by molar-refractivity contribution is 5.09. The molecule has 0 bridgehead atoms. The molecule has 0 saturated heterocycles. The highest BCUT2D eigenvalue weighted by Gasteiger charge is 2.15. The van der Waals surface area contributed by atoms with Gasteiger partial charge in [-0.1, -0.05) is 6.92 Å². The van der Waals surface area contributed by atoms with Crippen LogP contribution in [0.25, 0.3) is 0 Å². The summed E-state index contributed by atoms with van der Waals surface area (Å²) in [5, 5.41) is 8.37. The van der Waals surface area contributed by atoms with Gasteiger partial charge in [-0.3, -0.25) is 0 Å². The zero-order valence-electron chi connectivity index (χ0n) is 5.42. The molecule has 1 heterocycles. The summed E-state index contributed by atoms with van der Waals surface area (Å²) in [6.45, 7) is 2.06. The molecule has 2 nitrogen and oxygen atoms in total. The third kappa shape index (κ3) is 1.23. The van der Waals surface area contributed by atoms with Crippen LogP contribution in [0.2, 0.25) is 0 Å². The first-order valence-corrected chi connectivity index (χ1v) is 3.09. The Bertz CT molecular complexity index is 166. The average Bonchev–Trinajstić information content (AvgIpc) is 2.34. The molecule has 0 aromatic carbocycles. The molecule has 1 rings (SSSR count). The summed E-state index contributed by atoms with van der Waals surface area (Å²) in [4.78, 5) is 0. The van der Waals surface area contributed by atoms with Crippen molar-refractivity contribution < 1.29 is 4.74 Å². The number of hydrogen-bond acceptors (Lipinski definition) is 2. The van der Waals surface area contributed by atoms with Crippen molar-refractivity contribution in [1.82, 2.24) is 0 Å². The third-order valence-electron chi connectivity index (χ3n) is 1.44. The van der Waals surface area contributed by atoms with E-state index in [4.69, 9.17) is 10.00 Å². The monoisotopic (exact) mass is 123 g/mol. The lowest BCUT2D eigenvalue weighted by atomic mass is 10.1. The van der Waals surface area contributed by atoms with Crippen LogP contribution in [-0.2, 0) is 4.74 Å². The molecule has 0 amide bonds. The standard InChI is InChI=1S/C7H9NO/c1-2-6-3-7(4-8)9-5-6/h5,7H,2-3H2,1H3/t7-/m0/s1. The second-order valence-corrected chi connectivity index (χ2v) is 2.09. The fraction of sp³-hybridized carbons (Fsp3) is 0.571. The van der Waals surface area contributed by atoms with Crippen LogP contribution in [0.4, 0.5) is 0 Å². The first kappa shape index (κ1) is 6.15. The maximum absolute atomic E-state index is 8.37. The van der Waals surface area contributed by atoms with Gasteiger partial charge in [0, 0.05) is 6.42 Å². The maximum atomic E-state index is 8.37. The second kappa shape index (κ2) is 2.54. The Morgan fingerprint density at radius 2 is 2.78 bits per heavy atom. The largest absolute Gasteiger partial charge is 0.483 e. The summed E-state index contributed by atoms with van der Waals surface area (Å²) < 4.78 is 4.98. The summed E-state index contributed by atoms with van der Waals surface area (Å²) in [7, 11) is 0. The molecule has 0 unspecified atom stereocenters. The van der Waals surface area contributed by atoms with Gasteiger partial charge >= 0.3 is 0 Å². The Morgan fingerprint density at radius 3 is 3.11 bits per heavy atom. The Balaban J connectivity index is 2.42. The average molecular weight is 123 g/mol. The molecule has 0 aliphatic carbocycles. The Hall–Kier alpha value is -0.970. The van der Waals surface area contributed by atoms with E-state index >= 15 is 0 Å². The SMILES string of the molecule is CCC1=CO[C@H](C#N)C1. The van der Waals surface area contributed by atoms with Crippen LogP contribution in [-0.4, -0.2) is 6.10 Å². The van der Waals surface area contributed by atoms with E-state index in [-0.39, 0.29) is 6.10 Å². The van der Waals surface area contributed by atoms with Crippen LogP contribution in [0, 0.1) is 11.3 Å². The third-order valence-corrected chi connectivity index (χ3v) is 1.44. The summed E-state index contributed by atoms with van der Waals surface area (Å²) in [5.74, 6) is 0. The lowest BCUT2D eigenvalue weighted by Crippen LogP contribution is -1.99. The molecule has 0 fully saturated rings. The normalized spacial score (nSPS) is 24.4. The zero-order chi connectivity index (χ0) is 6.69. The van der Waals surface area contributed by atoms with E-state index < -0.39 is 0 Å². The molecular formula is C7H9NO. The van der Waals surface area contributed by atoms with Crippen molar-refractivity contribution in [2.75, 3.05) is 0 Å². The summed E-state index contributed by atoms with van der Waals surface area (Å²) in [6, 6.07) is 2.05. The smallest absolute Gasteiger partial charge is 0.187 e. The molecule has 0 radical (unpaired) electrons. The molecule has 48 valence electrons. The zero-order valence-corrected chi connectivity index (χ0v) is 5.42. The minimum absolute atomic E-state index is 0.208. The van der Waals surface area contributed by atoms with Crippen LogP contribution in [0.15, 0.2) is 11.8 Å². The molecule has 0 saturated carbocycles. The van der Waals surface area contributed by atoms with E-state index in [0.717, 1.165) is 12.8 Å². The maximum Gasteiger partial charge on any atom is 0.187 e. The van der Waals surface area contributed by atoms with Crippen LogP contribution < -0.4 is 0 Å². The van der Waals surface area contributed by atoms with Gasteiger partial charge in [-0.25, -0.2) is 0 Å². The van der Waals surface area contributed by atoms with Crippen molar-refractivity contribution in [3.8, 4) is 6.07 Å². The number of nitrogens with zero attached hydrogens (tertiary/aromatic N) is 1. The van der Waals surface area contributed by atoms with Gasteiger partial charge in [-0.05, 0) is 12.0 Å². The first-order chi connectivity index (χ1) is 4.36. The van der Waals surface area contributed by atoms with E-state index in [1.54, 1.807) is 6.26 Å². The predicted octanol–water partition coefficient (Wildman–Crippen LogP) is 1.59. The number of ether oxygens (including phenoxy) is 1. The Labute approximate surface area is 54.7 Å². The lowest BCUT2D eigenvalue weighted by Gasteiger charge is -1.95. The van der Waals surface area contributed by atoms with Gasteiger partial charge in [-0.15, -0.1) is 0 Å². The van der Waals surface area contributed by atoms with Crippen LogP contribution >= 0.6 is 0 Å². The molecule has 1 aliphatic rings. The van der Waals surface area contributed by atoms with Crippen molar-refractivity contribution in [2.24, 2.45) is 0 Å². The van der Waals surface area contributed by atoms with Gasteiger partial charge in [0.05, 0.1) is 6.26 Å². The van der Waals surface area contributed by atoms with Gasteiger partial charge in [0.2, 0.25) is 0 Å². The number of rotatable bonds is 1. The van der Waals surface area contributed by atoms with Gasteiger partial charge in [0.25, 0.3) is 0 Å². The molecule has 0 aromatic heterocycles. The van der Waals surface area contributed by atoms with Crippen molar-refractivity contribution in [1.29, 1.82) is 5.26 Å². The topological polar surface area (TPSA) is 33.0 Å². The second-order valence-electron chi connectivity index (χ2n) is 2.09. The molecule has 1 atom stereocenters. The van der Waals surface area contributed by atoms with E-state index in [1.807, 2.05) is 0 Å². The summed E-state index contributed by atoms with van der Waals surface area (Å²) in [6.07, 6.45) is 3.29. The van der Waals surface area contributed by atoms with E-state index in [9.17, 15) is 0 Å².